The molecular formula is C35H26ClFN2O5. The molecule has 2 aliphatic carbocycles. The number of rotatable bonds is 8. The van der Waals surface area contributed by atoms with Gasteiger partial charge >= 0.3 is 5.97 Å². The Morgan fingerprint density at radius 1 is 0.932 bits per heavy atom. The number of carbonyl (C=O) groups is 4. The van der Waals surface area contributed by atoms with Crippen LogP contribution in [0.3, 0.4) is 0 Å². The van der Waals surface area contributed by atoms with Gasteiger partial charge in [0.15, 0.2) is 6.10 Å². The van der Waals surface area contributed by atoms with Gasteiger partial charge < -0.3 is 4.74 Å². The molecule has 1 saturated heterocycles. The number of hydrogen-bond donors (Lipinski definition) is 0. The lowest BCUT2D eigenvalue weighted by Gasteiger charge is -2.18. The lowest BCUT2D eigenvalue weighted by molar-refractivity contribution is -0.123. The Kier molecular flexibility index (Phi) is 7.09. The molecule has 2 bridgehead atoms. The number of aromatic nitrogens is 1. The van der Waals surface area contributed by atoms with E-state index in [9.17, 15) is 23.6 Å². The van der Waals surface area contributed by atoms with Crippen molar-refractivity contribution in [2.45, 2.75) is 18.9 Å². The van der Waals surface area contributed by atoms with E-state index in [0.29, 0.717) is 27.8 Å². The second-order valence-electron chi connectivity index (χ2n) is 11.4. The number of nitrogens with zero attached hydrogens (tertiary/aromatic N) is 2. The molecule has 2 heterocycles. The van der Waals surface area contributed by atoms with Crippen molar-refractivity contribution in [3.63, 3.8) is 0 Å². The van der Waals surface area contributed by atoms with Crippen molar-refractivity contribution in [3.05, 3.63) is 108 Å². The summed E-state index contributed by atoms with van der Waals surface area (Å²) in [6, 6.07) is 20.7. The highest BCUT2D eigenvalue weighted by Crippen LogP contribution is 2.53. The molecule has 3 aromatic carbocycles. The molecule has 2 fully saturated rings. The molecular weight excluding hydrogens is 583 g/mol. The highest BCUT2D eigenvalue weighted by Gasteiger charge is 2.59. The van der Waals surface area contributed by atoms with Crippen molar-refractivity contribution in [3.8, 4) is 11.3 Å². The predicted octanol–water partition coefficient (Wildman–Crippen LogP) is 6.39. The smallest absolute Gasteiger partial charge is 0.339 e. The van der Waals surface area contributed by atoms with Crippen LogP contribution in [0.5, 0.6) is 0 Å². The topological polar surface area (TPSA) is 93.6 Å². The number of anilines is 1. The zero-order chi connectivity index (χ0) is 30.5. The van der Waals surface area contributed by atoms with Gasteiger partial charge in [0.25, 0.3) is 0 Å². The van der Waals surface area contributed by atoms with E-state index in [4.69, 9.17) is 21.3 Å². The summed E-state index contributed by atoms with van der Waals surface area (Å²) in [7, 11) is 0. The van der Waals surface area contributed by atoms with Crippen LogP contribution >= 0.6 is 11.6 Å². The van der Waals surface area contributed by atoms with Gasteiger partial charge in [-0.15, -0.1) is 11.6 Å². The van der Waals surface area contributed by atoms with Crippen LogP contribution in [0.15, 0.2) is 91.0 Å². The second-order valence-corrected chi connectivity index (χ2v) is 11.8. The molecule has 7 rings (SSSR count). The van der Waals surface area contributed by atoms with Crippen LogP contribution in [-0.2, 0) is 14.3 Å². The van der Waals surface area contributed by atoms with Gasteiger partial charge in [0.1, 0.15) is 5.82 Å². The minimum absolute atomic E-state index is 0.0704. The van der Waals surface area contributed by atoms with Gasteiger partial charge in [0, 0.05) is 28.8 Å². The summed E-state index contributed by atoms with van der Waals surface area (Å²) < 4.78 is 19.1. The molecule has 9 heteroatoms. The third-order valence-electron chi connectivity index (χ3n) is 8.87. The van der Waals surface area contributed by atoms with Crippen molar-refractivity contribution >= 4 is 51.8 Å². The number of para-hydroxylation sites is 1. The van der Waals surface area contributed by atoms with E-state index in [1.165, 1.54) is 29.2 Å². The molecule has 1 saturated carbocycles. The van der Waals surface area contributed by atoms with Gasteiger partial charge in [0.05, 0.1) is 34.3 Å². The Bertz CT molecular complexity index is 1830. The van der Waals surface area contributed by atoms with Crippen molar-refractivity contribution in [1.82, 2.24) is 4.98 Å². The van der Waals surface area contributed by atoms with Gasteiger partial charge in [0.2, 0.25) is 17.6 Å². The van der Waals surface area contributed by atoms with E-state index in [0.717, 1.165) is 6.42 Å². The normalized spacial score (nSPS) is 22.5. The third-order valence-corrected chi connectivity index (χ3v) is 9.09. The Balaban J connectivity index is 1.17. The molecule has 5 unspecified atom stereocenters. The van der Waals surface area contributed by atoms with Gasteiger partial charge in [-0.05, 0) is 66.8 Å². The molecule has 7 nitrogen and oxygen atoms in total. The molecule has 0 spiro atoms. The van der Waals surface area contributed by atoms with Crippen molar-refractivity contribution in [2.75, 3.05) is 10.8 Å². The zero-order valence-electron chi connectivity index (χ0n) is 23.4. The van der Waals surface area contributed by atoms with Crippen LogP contribution in [0.2, 0.25) is 0 Å². The minimum Gasteiger partial charge on any atom is -0.450 e. The number of esters is 1. The third kappa shape index (κ3) is 4.70. The Morgan fingerprint density at radius 3 is 2.25 bits per heavy atom. The number of carbonyl (C=O) groups excluding carboxylic acids is 4. The molecule has 0 N–H and O–H groups in total. The zero-order valence-corrected chi connectivity index (χ0v) is 24.1. The van der Waals surface area contributed by atoms with Crippen molar-refractivity contribution in [1.29, 1.82) is 0 Å². The Hall–Kier alpha value is -4.69. The maximum absolute atomic E-state index is 13.6. The summed E-state index contributed by atoms with van der Waals surface area (Å²) in [5.41, 5.74) is 2.59. The number of fused-ring (bicyclic) bond motifs is 6. The number of halogens is 2. The van der Waals surface area contributed by atoms with Crippen molar-refractivity contribution in [2.24, 2.45) is 23.7 Å². The molecule has 1 aliphatic heterocycles. The lowest BCUT2D eigenvalue weighted by Crippen LogP contribution is -2.32. The van der Waals surface area contributed by atoms with E-state index >= 15 is 0 Å². The number of Topliss-reactive ketones (excluding diaryl/α,β-unsaturated/α-hetero) is 1. The molecule has 44 heavy (non-hydrogen) atoms. The summed E-state index contributed by atoms with van der Waals surface area (Å²) in [5, 5.41) is 0.541. The first-order valence-corrected chi connectivity index (χ1v) is 15.0. The van der Waals surface area contributed by atoms with Crippen LogP contribution in [0.4, 0.5) is 10.1 Å². The maximum Gasteiger partial charge on any atom is 0.339 e. The number of benzene rings is 3. The first kappa shape index (κ1) is 28.1. The van der Waals surface area contributed by atoms with E-state index in [-0.39, 0.29) is 58.9 Å². The monoisotopic (exact) mass is 608 g/mol. The van der Waals surface area contributed by atoms with E-state index in [2.05, 4.69) is 12.2 Å². The van der Waals surface area contributed by atoms with Crippen LogP contribution in [0.25, 0.3) is 22.2 Å². The van der Waals surface area contributed by atoms with Crippen LogP contribution < -0.4 is 4.90 Å². The van der Waals surface area contributed by atoms with Crippen LogP contribution in [-0.4, -0.2) is 40.5 Å². The molecule has 220 valence electrons. The maximum atomic E-state index is 13.6. The fraction of sp³-hybridized carbons (Fsp3) is 0.229. The van der Waals surface area contributed by atoms with Gasteiger partial charge in [-0.2, -0.15) is 0 Å². The second kappa shape index (κ2) is 11.1. The fourth-order valence-electron chi connectivity index (χ4n) is 6.77. The first-order chi connectivity index (χ1) is 21.3. The summed E-state index contributed by atoms with van der Waals surface area (Å²) in [5.74, 6) is -2.25. The van der Waals surface area contributed by atoms with E-state index < -0.39 is 23.7 Å². The fourth-order valence-corrected chi connectivity index (χ4v) is 6.96. The number of ketones is 1. The SMILES string of the molecule is O=C(OC(CCCl)C(=O)c1ccc(F)cc1)c1cc(-c2ccc(N3C(=O)C4C5C=CC(C5)C4C3=O)cc2)nc2ccccc12. The Labute approximate surface area is 257 Å². The Morgan fingerprint density at radius 2 is 1.59 bits per heavy atom. The van der Waals surface area contributed by atoms with Crippen LogP contribution in [0, 0.1) is 29.5 Å². The highest BCUT2D eigenvalue weighted by molar-refractivity contribution is 6.23. The summed E-state index contributed by atoms with van der Waals surface area (Å²) in [6.07, 6.45) is 3.90. The number of amides is 2. The largest absolute Gasteiger partial charge is 0.450 e. The van der Waals surface area contributed by atoms with Gasteiger partial charge in [-0.1, -0.05) is 42.5 Å². The van der Waals surface area contributed by atoms with E-state index in [1.54, 1.807) is 54.6 Å². The molecule has 5 atom stereocenters. The average Bonchev–Trinajstić information content (AvgIpc) is 3.73. The number of hydrogen-bond acceptors (Lipinski definition) is 6. The minimum atomic E-state index is -1.17. The molecule has 4 aromatic rings. The molecule has 1 aromatic heterocycles. The highest BCUT2D eigenvalue weighted by atomic mass is 35.5. The van der Waals surface area contributed by atoms with Crippen molar-refractivity contribution < 1.29 is 28.3 Å². The average molecular weight is 609 g/mol. The number of imide groups is 1. The number of ether oxygens (including phenoxy) is 1. The lowest BCUT2D eigenvalue weighted by atomic mass is 9.85. The van der Waals surface area contributed by atoms with Gasteiger partial charge in [-0.25, -0.2) is 14.2 Å². The van der Waals surface area contributed by atoms with Crippen LogP contribution in [0.1, 0.15) is 33.6 Å². The summed E-state index contributed by atoms with van der Waals surface area (Å²) >= 11 is 5.94. The molecule has 3 aliphatic rings. The molecule has 0 radical (unpaired) electrons. The first-order valence-electron chi connectivity index (χ1n) is 14.5. The quantitative estimate of drug-likeness (QED) is 0.0757. The number of alkyl halides is 1. The summed E-state index contributed by atoms with van der Waals surface area (Å²) in [6.45, 7) is 0. The predicted molar refractivity (Wildman–Crippen MR) is 163 cm³/mol. The van der Waals surface area contributed by atoms with E-state index in [1.807, 2.05) is 0 Å². The molecule has 2 amide bonds. The number of pyridine rings is 1. The summed E-state index contributed by atoms with van der Waals surface area (Å²) in [4.78, 5) is 59.3. The van der Waals surface area contributed by atoms with Gasteiger partial charge in [-0.3, -0.25) is 19.3 Å². The standard InChI is InChI=1S/C35H26ClFN2O5/c36-16-15-29(32(40)20-7-11-23(37)12-8-20)44-35(43)26-18-28(38-27-4-2-1-3-25(26)27)19-9-13-24(14-10-19)39-33(41)30-21-5-6-22(17-21)31(30)34(39)42/h1-14,18,21-22,29-31H,15-17H2. The number of allylic oxidation sites excluding steroid dienone is 2.